The van der Waals surface area contributed by atoms with Gasteiger partial charge in [0, 0.05) is 0 Å². The predicted octanol–water partition coefficient (Wildman–Crippen LogP) is 2.39. The van der Waals surface area contributed by atoms with Gasteiger partial charge in [-0.2, -0.15) is 0 Å². The van der Waals surface area contributed by atoms with Gasteiger partial charge in [-0.15, -0.1) is 0 Å². The number of rotatable bonds is 2. The van der Waals surface area contributed by atoms with Gasteiger partial charge in [-0.3, -0.25) is 4.79 Å². The van der Waals surface area contributed by atoms with Crippen LogP contribution < -0.4 is 0 Å². The van der Waals surface area contributed by atoms with E-state index in [2.05, 4.69) is 0 Å². The topological polar surface area (TPSA) is 46.5 Å². The highest BCUT2D eigenvalue weighted by Crippen LogP contribution is 2.44. The van der Waals surface area contributed by atoms with E-state index >= 15 is 0 Å². The summed E-state index contributed by atoms with van der Waals surface area (Å²) in [6.45, 7) is 0. The van der Waals surface area contributed by atoms with Gasteiger partial charge in [-0.05, 0) is 18.4 Å². The Morgan fingerprint density at radius 3 is 2.44 bits per heavy atom. The van der Waals surface area contributed by atoms with E-state index in [1.165, 1.54) is 6.42 Å². The highest BCUT2D eigenvalue weighted by Gasteiger charge is 2.57. The van der Waals surface area contributed by atoms with Crippen molar-refractivity contribution in [2.75, 3.05) is 0 Å². The SMILES string of the molecule is O=C1C(C(O)c2ccccc2)OC12CCCCC2. The second kappa shape index (κ2) is 4.48. The Bertz CT molecular complexity index is 434. The van der Waals surface area contributed by atoms with Crippen molar-refractivity contribution in [2.24, 2.45) is 0 Å². The number of hydrogen-bond donors (Lipinski definition) is 1. The molecule has 96 valence electrons. The van der Waals surface area contributed by atoms with Crippen LogP contribution in [0.4, 0.5) is 0 Å². The average Bonchev–Trinajstić information content (AvgIpc) is 2.46. The van der Waals surface area contributed by atoms with Crippen molar-refractivity contribution in [3.8, 4) is 0 Å². The zero-order valence-electron chi connectivity index (χ0n) is 10.3. The summed E-state index contributed by atoms with van der Waals surface area (Å²) in [6, 6.07) is 9.26. The van der Waals surface area contributed by atoms with Crippen LogP contribution in [0.25, 0.3) is 0 Å². The van der Waals surface area contributed by atoms with E-state index < -0.39 is 17.8 Å². The normalized spacial score (nSPS) is 27.8. The van der Waals surface area contributed by atoms with Gasteiger partial charge in [0.05, 0.1) is 0 Å². The van der Waals surface area contributed by atoms with Gasteiger partial charge in [0.2, 0.25) is 0 Å². The quantitative estimate of drug-likeness (QED) is 0.871. The number of benzene rings is 1. The van der Waals surface area contributed by atoms with Crippen molar-refractivity contribution in [3.05, 3.63) is 35.9 Å². The number of ketones is 1. The molecule has 18 heavy (non-hydrogen) atoms. The molecular weight excluding hydrogens is 228 g/mol. The number of ether oxygens (including phenoxy) is 1. The lowest BCUT2D eigenvalue weighted by molar-refractivity contribution is -0.227. The largest absolute Gasteiger partial charge is 0.385 e. The molecule has 1 saturated carbocycles. The summed E-state index contributed by atoms with van der Waals surface area (Å²) in [6.07, 6.45) is 3.45. The molecule has 2 aliphatic rings. The van der Waals surface area contributed by atoms with Gasteiger partial charge in [0.25, 0.3) is 0 Å². The summed E-state index contributed by atoms with van der Waals surface area (Å²) in [4.78, 5) is 12.3. The van der Waals surface area contributed by atoms with Gasteiger partial charge < -0.3 is 9.84 Å². The number of hydrogen-bond acceptors (Lipinski definition) is 3. The summed E-state index contributed by atoms with van der Waals surface area (Å²) >= 11 is 0. The zero-order valence-corrected chi connectivity index (χ0v) is 10.3. The van der Waals surface area contributed by atoms with Crippen molar-refractivity contribution in [2.45, 2.75) is 49.9 Å². The predicted molar refractivity (Wildman–Crippen MR) is 67.1 cm³/mol. The molecule has 1 heterocycles. The first-order chi connectivity index (χ1) is 8.73. The molecule has 2 atom stereocenters. The number of aliphatic hydroxyl groups excluding tert-OH is 1. The minimum atomic E-state index is -0.828. The lowest BCUT2D eigenvalue weighted by Crippen LogP contribution is -2.63. The van der Waals surface area contributed by atoms with Crippen molar-refractivity contribution in [1.29, 1.82) is 0 Å². The standard InChI is InChI=1S/C15H18O3/c16-12(11-7-3-1-4-8-11)13-14(17)15(18-13)9-5-2-6-10-15/h1,3-4,7-8,12-13,16H,2,5-6,9-10H2. The first-order valence-electron chi connectivity index (χ1n) is 6.68. The van der Waals surface area contributed by atoms with Gasteiger partial charge in [-0.1, -0.05) is 49.6 Å². The van der Waals surface area contributed by atoms with E-state index in [9.17, 15) is 9.90 Å². The third-order valence-corrected chi connectivity index (χ3v) is 4.15. The van der Waals surface area contributed by atoms with Crippen LogP contribution in [-0.2, 0) is 9.53 Å². The molecule has 1 aromatic carbocycles. The highest BCUT2D eigenvalue weighted by molar-refractivity contribution is 5.96. The van der Waals surface area contributed by atoms with Crippen LogP contribution in [0.2, 0.25) is 0 Å². The maximum Gasteiger partial charge on any atom is 0.196 e. The monoisotopic (exact) mass is 246 g/mol. The van der Waals surface area contributed by atoms with E-state index in [-0.39, 0.29) is 5.78 Å². The van der Waals surface area contributed by atoms with Crippen molar-refractivity contribution >= 4 is 5.78 Å². The molecule has 1 spiro atoms. The summed E-state index contributed by atoms with van der Waals surface area (Å²) in [7, 11) is 0. The Kier molecular flexibility index (Phi) is 2.96. The number of aliphatic hydroxyl groups is 1. The van der Waals surface area contributed by atoms with E-state index in [1.807, 2.05) is 30.3 Å². The smallest absolute Gasteiger partial charge is 0.196 e. The van der Waals surface area contributed by atoms with Crippen LogP contribution in [0.15, 0.2) is 30.3 Å². The number of carbonyl (C=O) groups is 1. The van der Waals surface area contributed by atoms with Gasteiger partial charge >= 0.3 is 0 Å². The Morgan fingerprint density at radius 1 is 1.17 bits per heavy atom. The van der Waals surface area contributed by atoms with Crippen LogP contribution >= 0.6 is 0 Å². The zero-order chi connectivity index (χ0) is 12.6. The second-order valence-corrected chi connectivity index (χ2v) is 5.31. The first kappa shape index (κ1) is 11.9. The van der Waals surface area contributed by atoms with Crippen LogP contribution in [0.1, 0.15) is 43.8 Å². The average molecular weight is 246 g/mol. The Balaban J connectivity index is 1.71. The Morgan fingerprint density at radius 2 is 1.83 bits per heavy atom. The van der Waals surface area contributed by atoms with Crippen LogP contribution in [0, 0.1) is 0 Å². The van der Waals surface area contributed by atoms with E-state index in [0.717, 1.165) is 31.2 Å². The van der Waals surface area contributed by atoms with Crippen LogP contribution in [-0.4, -0.2) is 22.6 Å². The van der Waals surface area contributed by atoms with E-state index in [4.69, 9.17) is 4.74 Å². The fraction of sp³-hybridized carbons (Fsp3) is 0.533. The third kappa shape index (κ3) is 1.78. The molecule has 3 nitrogen and oxygen atoms in total. The lowest BCUT2D eigenvalue weighted by atomic mass is 9.74. The minimum Gasteiger partial charge on any atom is -0.385 e. The van der Waals surface area contributed by atoms with Crippen molar-refractivity contribution in [1.82, 2.24) is 0 Å². The molecule has 1 aliphatic heterocycles. The maximum absolute atomic E-state index is 12.3. The highest BCUT2D eigenvalue weighted by atomic mass is 16.6. The molecular formula is C15H18O3. The second-order valence-electron chi connectivity index (χ2n) is 5.31. The summed E-state index contributed by atoms with van der Waals surface area (Å²) in [5.74, 6) is 0.0959. The molecule has 1 aromatic rings. The molecule has 3 rings (SSSR count). The van der Waals surface area contributed by atoms with Gasteiger partial charge in [0.1, 0.15) is 17.8 Å². The number of carbonyl (C=O) groups excluding carboxylic acids is 1. The van der Waals surface area contributed by atoms with Crippen molar-refractivity contribution < 1.29 is 14.6 Å². The minimum absolute atomic E-state index is 0.0959. The summed E-state index contributed by atoms with van der Waals surface area (Å²) < 4.78 is 5.80. The van der Waals surface area contributed by atoms with Gasteiger partial charge in [0.15, 0.2) is 5.78 Å². The maximum atomic E-state index is 12.3. The molecule has 3 heteroatoms. The van der Waals surface area contributed by atoms with E-state index in [1.54, 1.807) is 0 Å². The van der Waals surface area contributed by atoms with E-state index in [0.29, 0.717) is 0 Å². The van der Waals surface area contributed by atoms with Crippen molar-refractivity contribution in [3.63, 3.8) is 0 Å². The summed E-state index contributed by atoms with van der Waals surface area (Å²) in [5, 5.41) is 10.2. The fourth-order valence-corrected chi connectivity index (χ4v) is 3.08. The fourth-order valence-electron chi connectivity index (χ4n) is 3.08. The molecule has 2 fully saturated rings. The Hall–Kier alpha value is -1.19. The van der Waals surface area contributed by atoms with Crippen LogP contribution in [0.5, 0.6) is 0 Å². The molecule has 1 aliphatic carbocycles. The molecule has 0 bridgehead atoms. The molecule has 1 N–H and O–H groups in total. The molecule has 1 saturated heterocycles. The molecule has 2 unspecified atom stereocenters. The van der Waals surface area contributed by atoms with Gasteiger partial charge in [-0.25, -0.2) is 0 Å². The summed E-state index contributed by atoms with van der Waals surface area (Å²) in [5.41, 5.74) is 0.195. The van der Waals surface area contributed by atoms with Crippen LogP contribution in [0.3, 0.4) is 0 Å². The third-order valence-electron chi connectivity index (χ3n) is 4.15. The number of Topliss-reactive ketones (excluding diaryl/α,β-unsaturated/α-hetero) is 1. The molecule has 0 amide bonds. The Labute approximate surface area is 107 Å². The lowest BCUT2D eigenvalue weighted by Gasteiger charge is -2.49. The molecule has 0 radical (unpaired) electrons. The first-order valence-corrected chi connectivity index (χ1v) is 6.68. The molecule has 0 aromatic heterocycles.